The van der Waals surface area contributed by atoms with Crippen LogP contribution in [-0.2, 0) is 0 Å². The molecule has 1 amide bonds. The second-order valence-electron chi connectivity index (χ2n) is 5.44. The summed E-state index contributed by atoms with van der Waals surface area (Å²) in [4.78, 5) is 14.2. The van der Waals surface area contributed by atoms with Gasteiger partial charge in [0.15, 0.2) is 0 Å². The molecule has 5 nitrogen and oxygen atoms in total. The molecule has 1 atom stereocenters. The maximum Gasteiger partial charge on any atom is 0.272 e. The first kappa shape index (κ1) is 10.8. The monoisotopic (exact) mass is 234 g/mol. The predicted molar refractivity (Wildman–Crippen MR) is 63.5 cm³/mol. The van der Waals surface area contributed by atoms with Crippen molar-refractivity contribution in [2.45, 2.75) is 32.2 Å². The lowest BCUT2D eigenvalue weighted by Gasteiger charge is -2.41. The third-order valence-corrected chi connectivity index (χ3v) is 4.39. The lowest BCUT2D eigenvalue weighted by atomic mass is 9.66. The third kappa shape index (κ3) is 1.49. The van der Waals surface area contributed by atoms with Crippen LogP contribution < -0.4 is 5.73 Å². The quantitative estimate of drug-likeness (QED) is 0.750. The van der Waals surface area contributed by atoms with Crippen LogP contribution in [0.2, 0.25) is 0 Å². The molecule has 1 spiro atoms. The normalized spacial score (nSPS) is 26.2. The highest BCUT2D eigenvalue weighted by molar-refractivity contribution is 5.93. The number of nitrogens with two attached hydrogens (primary N) is 1. The molecule has 0 radical (unpaired) electrons. The first-order valence-electron chi connectivity index (χ1n) is 6.17. The van der Waals surface area contributed by atoms with Crippen LogP contribution in [0.25, 0.3) is 0 Å². The summed E-state index contributed by atoms with van der Waals surface area (Å²) >= 11 is 0. The number of nitrogens with zero attached hydrogens (tertiary/aromatic N) is 2. The molecule has 1 aromatic rings. The van der Waals surface area contributed by atoms with E-state index in [2.05, 4.69) is 10.2 Å². The van der Waals surface area contributed by atoms with Gasteiger partial charge in [0.2, 0.25) is 0 Å². The molecule has 0 aromatic carbocycles. The zero-order valence-corrected chi connectivity index (χ0v) is 10.1. The van der Waals surface area contributed by atoms with E-state index in [0.717, 1.165) is 12.1 Å². The van der Waals surface area contributed by atoms with E-state index in [4.69, 9.17) is 5.73 Å². The summed E-state index contributed by atoms with van der Waals surface area (Å²) in [6.45, 7) is 3.38. The van der Waals surface area contributed by atoms with E-state index in [1.54, 1.807) is 6.20 Å². The first-order valence-corrected chi connectivity index (χ1v) is 6.17. The fourth-order valence-electron chi connectivity index (χ4n) is 3.03. The number of amides is 1. The fourth-order valence-corrected chi connectivity index (χ4v) is 3.03. The summed E-state index contributed by atoms with van der Waals surface area (Å²) in [5.74, 6) is 0.0409. The number of nitrogens with one attached hydrogen (secondary N) is 1. The molecule has 3 N–H and O–H groups in total. The summed E-state index contributed by atoms with van der Waals surface area (Å²) in [5.41, 5.74) is 7.89. The van der Waals surface area contributed by atoms with Crippen molar-refractivity contribution in [3.63, 3.8) is 0 Å². The number of aromatic nitrogens is 2. The number of aryl methyl sites for hydroxylation is 1. The summed E-state index contributed by atoms with van der Waals surface area (Å²) in [5, 5.41) is 6.68. The number of rotatable bonds is 1. The Balaban J connectivity index is 1.79. The van der Waals surface area contributed by atoms with Crippen molar-refractivity contribution in [2.24, 2.45) is 11.1 Å². The second kappa shape index (κ2) is 3.57. The van der Waals surface area contributed by atoms with Gasteiger partial charge in [0.1, 0.15) is 5.69 Å². The largest absolute Gasteiger partial charge is 0.335 e. The predicted octanol–water partition coefficient (Wildman–Crippen LogP) is 0.672. The zero-order valence-electron chi connectivity index (χ0n) is 10.1. The Kier molecular flexibility index (Phi) is 2.26. The molecule has 17 heavy (non-hydrogen) atoms. The second-order valence-corrected chi connectivity index (χ2v) is 5.44. The summed E-state index contributed by atoms with van der Waals surface area (Å²) in [6.07, 6.45) is 5.26. The third-order valence-electron chi connectivity index (χ3n) is 4.39. The van der Waals surface area contributed by atoms with Crippen LogP contribution in [0.5, 0.6) is 0 Å². The van der Waals surface area contributed by atoms with Crippen molar-refractivity contribution in [2.75, 3.05) is 13.1 Å². The van der Waals surface area contributed by atoms with Gasteiger partial charge in [-0.2, -0.15) is 5.10 Å². The number of carbonyl (C=O) groups is 1. The first-order chi connectivity index (χ1) is 8.12. The van der Waals surface area contributed by atoms with E-state index in [0.29, 0.717) is 12.2 Å². The van der Waals surface area contributed by atoms with Crippen molar-refractivity contribution in [1.29, 1.82) is 0 Å². The van der Waals surface area contributed by atoms with Crippen molar-refractivity contribution in [3.05, 3.63) is 17.5 Å². The number of likely N-dealkylation sites (tertiary alicyclic amines) is 1. The van der Waals surface area contributed by atoms with E-state index in [1.165, 1.54) is 19.3 Å². The molecule has 0 bridgehead atoms. The number of carbonyl (C=O) groups excluding carboxylic acids is 1. The average molecular weight is 234 g/mol. The van der Waals surface area contributed by atoms with E-state index in [-0.39, 0.29) is 17.4 Å². The van der Waals surface area contributed by atoms with Crippen molar-refractivity contribution < 1.29 is 4.79 Å². The van der Waals surface area contributed by atoms with E-state index in [1.807, 2.05) is 11.8 Å². The van der Waals surface area contributed by atoms with Gasteiger partial charge in [-0.1, -0.05) is 6.42 Å². The van der Waals surface area contributed by atoms with Crippen LogP contribution in [0.1, 0.15) is 35.3 Å². The molecule has 2 fully saturated rings. The molecule has 1 unspecified atom stereocenters. The zero-order chi connectivity index (χ0) is 12.0. The minimum Gasteiger partial charge on any atom is -0.335 e. The van der Waals surface area contributed by atoms with Gasteiger partial charge >= 0.3 is 0 Å². The standard InChI is InChI=1S/C12H18N4O/c1-8-5-14-15-10(8)11(17)16-6-9(13)12(7-16)3-2-4-12/h5,9H,2-4,6-7,13H2,1H3,(H,14,15). The minimum absolute atomic E-state index is 0.0409. The summed E-state index contributed by atoms with van der Waals surface area (Å²) in [6, 6.07) is 0.142. The van der Waals surface area contributed by atoms with Gasteiger partial charge in [0.05, 0.1) is 6.20 Å². The maximum atomic E-state index is 12.3. The van der Waals surface area contributed by atoms with Crippen LogP contribution in [0, 0.1) is 12.3 Å². The van der Waals surface area contributed by atoms with Gasteiger partial charge in [0, 0.05) is 24.5 Å². The summed E-state index contributed by atoms with van der Waals surface area (Å²) < 4.78 is 0. The van der Waals surface area contributed by atoms with Gasteiger partial charge in [-0.05, 0) is 25.3 Å². The lowest BCUT2D eigenvalue weighted by Crippen LogP contribution is -2.45. The van der Waals surface area contributed by atoms with Gasteiger partial charge in [-0.25, -0.2) is 0 Å². The molecule has 1 aliphatic carbocycles. The Labute approximate surface area is 100 Å². The number of hydrogen-bond acceptors (Lipinski definition) is 3. The number of H-pyrrole nitrogens is 1. The van der Waals surface area contributed by atoms with Gasteiger partial charge < -0.3 is 10.6 Å². The van der Waals surface area contributed by atoms with Crippen molar-refractivity contribution in [3.8, 4) is 0 Å². The summed E-state index contributed by atoms with van der Waals surface area (Å²) in [7, 11) is 0. The molecule has 2 aliphatic rings. The number of hydrogen-bond donors (Lipinski definition) is 2. The number of aromatic amines is 1. The highest BCUT2D eigenvalue weighted by atomic mass is 16.2. The van der Waals surface area contributed by atoms with Gasteiger partial charge in [0.25, 0.3) is 5.91 Å². The van der Waals surface area contributed by atoms with Crippen LogP contribution in [0.4, 0.5) is 0 Å². The Hall–Kier alpha value is -1.36. The van der Waals surface area contributed by atoms with Crippen LogP contribution in [-0.4, -0.2) is 40.1 Å². The molecule has 1 saturated carbocycles. The van der Waals surface area contributed by atoms with Crippen LogP contribution in [0.3, 0.4) is 0 Å². The van der Waals surface area contributed by atoms with Crippen molar-refractivity contribution >= 4 is 5.91 Å². The molecule has 92 valence electrons. The van der Waals surface area contributed by atoms with Crippen molar-refractivity contribution in [1.82, 2.24) is 15.1 Å². The van der Waals surface area contributed by atoms with Crippen LogP contribution in [0.15, 0.2) is 6.20 Å². The minimum atomic E-state index is 0.0409. The van der Waals surface area contributed by atoms with Crippen LogP contribution >= 0.6 is 0 Å². The smallest absolute Gasteiger partial charge is 0.272 e. The Bertz CT molecular complexity index is 449. The molecule has 3 rings (SSSR count). The van der Waals surface area contributed by atoms with E-state index in [9.17, 15) is 4.79 Å². The molecular formula is C12H18N4O. The highest BCUT2D eigenvalue weighted by Gasteiger charge is 2.50. The van der Waals surface area contributed by atoms with Gasteiger partial charge in [-0.15, -0.1) is 0 Å². The van der Waals surface area contributed by atoms with Gasteiger partial charge in [-0.3, -0.25) is 9.89 Å². The fraction of sp³-hybridized carbons (Fsp3) is 0.667. The Morgan fingerprint density at radius 2 is 2.41 bits per heavy atom. The van der Waals surface area contributed by atoms with E-state index >= 15 is 0 Å². The topological polar surface area (TPSA) is 75.0 Å². The Morgan fingerprint density at radius 1 is 1.65 bits per heavy atom. The lowest BCUT2D eigenvalue weighted by molar-refractivity contribution is 0.0720. The molecule has 1 aromatic heterocycles. The molecule has 1 saturated heterocycles. The highest BCUT2D eigenvalue weighted by Crippen LogP contribution is 2.47. The molecule has 2 heterocycles. The molecule has 1 aliphatic heterocycles. The molecular weight excluding hydrogens is 216 g/mol. The van der Waals surface area contributed by atoms with E-state index < -0.39 is 0 Å². The maximum absolute atomic E-state index is 12.3. The SMILES string of the molecule is Cc1cn[nH]c1C(=O)N1CC(N)C2(CCC2)C1. The Morgan fingerprint density at radius 3 is 2.88 bits per heavy atom. The molecule has 5 heteroatoms. The average Bonchev–Trinajstić information content (AvgIpc) is 2.80.